The monoisotopic (exact) mass is 402 g/mol. The van der Waals surface area contributed by atoms with Crippen LogP contribution in [0.5, 0.6) is 5.75 Å². The Balaban J connectivity index is 1.86. The number of aromatic nitrogens is 1. The average molecular weight is 402 g/mol. The summed E-state index contributed by atoms with van der Waals surface area (Å²) < 4.78 is 27.1. The van der Waals surface area contributed by atoms with Crippen LogP contribution in [0.1, 0.15) is 19.4 Å². The van der Waals surface area contributed by atoms with Gasteiger partial charge in [-0.05, 0) is 49.7 Å². The summed E-state index contributed by atoms with van der Waals surface area (Å²) in [6.07, 6.45) is 0.195. The lowest BCUT2D eigenvalue weighted by Crippen LogP contribution is -2.20. The molecule has 1 aromatic heterocycles. The summed E-state index contributed by atoms with van der Waals surface area (Å²) in [6.45, 7) is 6.11. The molecule has 0 spiro atoms. The second-order valence-corrected chi connectivity index (χ2v) is 7.11. The van der Waals surface area contributed by atoms with E-state index in [0.29, 0.717) is 31.2 Å². The van der Waals surface area contributed by atoms with Crippen molar-refractivity contribution >= 4 is 27.5 Å². The number of fused-ring (bicyclic) bond motifs is 1. The summed E-state index contributed by atoms with van der Waals surface area (Å²) >= 11 is 1.30. The molecular formula is C21H23FN2O3S. The lowest BCUT2D eigenvalue weighted by Gasteiger charge is -2.05. The number of halogens is 1. The molecule has 2 aromatic carbocycles. The summed E-state index contributed by atoms with van der Waals surface area (Å²) in [4.78, 5) is 17.4. The molecule has 0 aliphatic carbocycles. The zero-order chi connectivity index (χ0) is 19.9. The predicted molar refractivity (Wildman–Crippen MR) is 108 cm³/mol. The van der Waals surface area contributed by atoms with Crippen molar-refractivity contribution in [2.24, 2.45) is 4.99 Å². The minimum absolute atomic E-state index is 0.195. The first kappa shape index (κ1) is 20.2. The number of hydrogen-bond donors (Lipinski definition) is 0. The predicted octanol–water partition coefficient (Wildman–Crippen LogP) is 3.95. The first-order valence-electron chi connectivity index (χ1n) is 9.26. The molecule has 0 bridgehead atoms. The number of carbonyl (C=O) groups is 1. The van der Waals surface area contributed by atoms with E-state index in [0.717, 1.165) is 21.5 Å². The van der Waals surface area contributed by atoms with Gasteiger partial charge in [0.25, 0.3) is 5.91 Å². The fourth-order valence-corrected chi connectivity index (χ4v) is 3.94. The number of thiazole rings is 1. The molecule has 0 saturated heterocycles. The van der Waals surface area contributed by atoms with Crippen LogP contribution in [0.15, 0.2) is 47.5 Å². The van der Waals surface area contributed by atoms with Crippen LogP contribution in [-0.4, -0.2) is 30.3 Å². The number of benzene rings is 2. The largest absolute Gasteiger partial charge is 0.494 e. The van der Waals surface area contributed by atoms with Crippen molar-refractivity contribution in [2.45, 2.75) is 26.8 Å². The van der Waals surface area contributed by atoms with Crippen LogP contribution in [0, 0.1) is 5.82 Å². The van der Waals surface area contributed by atoms with Crippen LogP contribution in [0.4, 0.5) is 4.39 Å². The molecule has 1 heterocycles. The van der Waals surface area contributed by atoms with E-state index in [1.807, 2.05) is 42.7 Å². The molecule has 0 aliphatic heterocycles. The highest BCUT2D eigenvalue weighted by atomic mass is 32.1. The number of amides is 1. The van der Waals surface area contributed by atoms with Crippen molar-refractivity contribution in [2.75, 3.05) is 19.8 Å². The van der Waals surface area contributed by atoms with Crippen molar-refractivity contribution in [3.63, 3.8) is 0 Å². The van der Waals surface area contributed by atoms with Gasteiger partial charge in [0, 0.05) is 13.2 Å². The highest BCUT2D eigenvalue weighted by Crippen LogP contribution is 2.19. The van der Waals surface area contributed by atoms with Gasteiger partial charge >= 0.3 is 0 Å². The van der Waals surface area contributed by atoms with Gasteiger partial charge in [-0.3, -0.25) is 4.79 Å². The number of nitrogens with zero attached hydrogens (tertiary/aromatic N) is 2. The molecule has 0 radical (unpaired) electrons. The summed E-state index contributed by atoms with van der Waals surface area (Å²) in [5.74, 6) is 0.218. The summed E-state index contributed by atoms with van der Waals surface area (Å²) in [5, 5.41) is 0. The molecule has 0 unspecified atom stereocenters. The Labute approximate surface area is 167 Å². The van der Waals surface area contributed by atoms with Gasteiger partial charge in [-0.1, -0.05) is 23.5 Å². The third-order valence-electron chi connectivity index (χ3n) is 4.12. The average Bonchev–Trinajstić information content (AvgIpc) is 3.00. The Morgan fingerprint density at radius 2 is 1.93 bits per heavy atom. The van der Waals surface area contributed by atoms with Gasteiger partial charge in [-0.25, -0.2) is 4.39 Å². The topological polar surface area (TPSA) is 52.8 Å². The van der Waals surface area contributed by atoms with Gasteiger partial charge in [0.1, 0.15) is 11.6 Å². The Hall–Kier alpha value is -2.51. The quantitative estimate of drug-likeness (QED) is 0.536. The first-order valence-corrected chi connectivity index (χ1v) is 10.1. The van der Waals surface area contributed by atoms with Gasteiger partial charge in [0.05, 0.1) is 29.9 Å². The van der Waals surface area contributed by atoms with Gasteiger partial charge < -0.3 is 14.0 Å². The Kier molecular flexibility index (Phi) is 6.95. The fourth-order valence-electron chi connectivity index (χ4n) is 2.84. The lowest BCUT2D eigenvalue weighted by atomic mass is 10.1. The second kappa shape index (κ2) is 9.61. The van der Waals surface area contributed by atoms with Crippen molar-refractivity contribution in [3.05, 3.63) is 58.6 Å². The maximum absolute atomic E-state index is 13.6. The summed E-state index contributed by atoms with van der Waals surface area (Å²) in [7, 11) is 0. The zero-order valence-electron chi connectivity index (χ0n) is 16.0. The molecule has 1 amide bonds. The van der Waals surface area contributed by atoms with Crippen LogP contribution in [0.3, 0.4) is 0 Å². The summed E-state index contributed by atoms with van der Waals surface area (Å²) in [6, 6.07) is 12.0. The smallest absolute Gasteiger partial charge is 0.252 e. The zero-order valence-corrected chi connectivity index (χ0v) is 16.8. The minimum atomic E-state index is -0.307. The molecule has 3 aromatic rings. The maximum atomic E-state index is 13.6. The van der Waals surface area contributed by atoms with E-state index in [1.54, 1.807) is 6.07 Å². The third-order valence-corrected chi connectivity index (χ3v) is 5.16. The van der Waals surface area contributed by atoms with E-state index in [-0.39, 0.29) is 18.1 Å². The molecule has 0 fully saturated rings. The molecule has 5 nitrogen and oxygen atoms in total. The number of carbonyl (C=O) groups excluding carboxylic acids is 1. The molecule has 0 aliphatic rings. The van der Waals surface area contributed by atoms with E-state index in [1.165, 1.54) is 23.5 Å². The fraction of sp³-hybridized carbons (Fsp3) is 0.333. The number of rotatable bonds is 8. The van der Waals surface area contributed by atoms with Gasteiger partial charge in [0.15, 0.2) is 4.80 Å². The van der Waals surface area contributed by atoms with Crippen molar-refractivity contribution in [3.8, 4) is 5.75 Å². The number of ether oxygens (including phenoxy) is 2. The van der Waals surface area contributed by atoms with E-state index >= 15 is 0 Å². The summed E-state index contributed by atoms with van der Waals surface area (Å²) in [5.41, 5.74) is 1.71. The number of hydrogen-bond acceptors (Lipinski definition) is 4. The highest BCUT2D eigenvalue weighted by molar-refractivity contribution is 7.16. The van der Waals surface area contributed by atoms with Crippen molar-refractivity contribution in [1.82, 2.24) is 4.57 Å². The van der Waals surface area contributed by atoms with E-state index in [4.69, 9.17) is 9.47 Å². The molecule has 148 valence electrons. The second-order valence-electron chi connectivity index (χ2n) is 6.10. The lowest BCUT2D eigenvalue weighted by molar-refractivity contribution is -0.117. The van der Waals surface area contributed by atoms with Crippen molar-refractivity contribution < 1.29 is 18.7 Å². The maximum Gasteiger partial charge on any atom is 0.252 e. The van der Waals surface area contributed by atoms with E-state index in [2.05, 4.69) is 4.99 Å². The van der Waals surface area contributed by atoms with E-state index in [9.17, 15) is 9.18 Å². The molecule has 0 saturated carbocycles. The van der Waals surface area contributed by atoms with Gasteiger partial charge in [-0.2, -0.15) is 4.99 Å². The highest BCUT2D eigenvalue weighted by Gasteiger charge is 2.10. The Morgan fingerprint density at radius 1 is 1.14 bits per heavy atom. The molecule has 0 atom stereocenters. The minimum Gasteiger partial charge on any atom is -0.494 e. The SMILES string of the molecule is CCOCCn1c(=NC(=O)Cc2ccc(OCC)cc2)sc2cc(F)ccc21. The Morgan fingerprint density at radius 3 is 2.64 bits per heavy atom. The Bertz CT molecular complexity index is 1010. The molecule has 3 rings (SSSR count). The van der Waals surface area contributed by atoms with Gasteiger partial charge in [0.2, 0.25) is 0 Å². The van der Waals surface area contributed by atoms with Crippen LogP contribution in [0.2, 0.25) is 0 Å². The first-order chi connectivity index (χ1) is 13.6. The standard InChI is InChI=1S/C21H23FN2O3S/c1-3-26-12-11-24-18-10-7-16(22)14-19(18)28-21(24)23-20(25)13-15-5-8-17(9-6-15)27-4-2/h5-10,14H,3-4,11-13H2,1-2H3. The van der Waals surface area contributed by atoms with Crippen LogP contribution in [0.25, 0.3) is 10.2 Å². The third kappa shape index (κ3) is 5.05. The molecular weight excluding hydrogens is 379 g/mol. The molecule has 28 heavy (non-hydrogen) atoms. The van der Waals surface area contributed by atoms with Crippen LogP contribution >= 0.6 is 11.3 Å². The molecule has 7 heteroatoms. The van der Waals surface area contributed by atoms with Crippen LogP contribution in [-0.2, 0) is 22.5 Å². The van der Waals surface area contributed by atoms with E-state index < -0.39 is 0 Å². The van der Waals surface area contributed by atoms with Crippen molar-refractivity contribution in [1.29, 1.82) is 0 Å². The van der Waals surface area contributed by atoms with Gasteiger partial charge in [-0.15, -0.1) is 0 Å². The normalized spacial score (nSPS) is 11.9. The van der Waals surface area contributed by atoms with Crippen LogP contribution < -0.4 is 9.54 Å². The molecule has 0 N–H and O–H groups in total.